The van der Waals surface area contributed by atoms with Gasteiger partial charge in [-0.05, 0) is 38.0 Å². The van der Waals surface area contributed by atoms with Crippen LogP contribution in [0.15, 0.2) is 0 Å². The van der Waals surface area contributed by atoms with Crippen molar-refractivity contribution >= 4 is 0 Å². The van der Waals surface area contributed by atoms with E-state index in [2.05, 4.69) is 19.2 Å². The third-order valence-electron chi connectivity index (χ3n) is 4.72. The van der Waals surface area contributed by atoms with Gasteiger partial charge in [0.15, 0.2) is 0 Å². The Bertz CT molecular complexity index is 217. The van der Waals surface area contributed by atoms with E-state index >= 15 is 0 Å². The largest absolute Gasteiger partial charge is 0.394 e. The van der Waals surface area contributed by atoms with E-state index in [4.69, 9.17) is 0 Å². The van der Waals surface area contributed by atoms with Gasteiger partial charge in [-0.2, -0.15) is 0 Å². The molecule has 2 aliphatic rings. The van der Waals surface area contributed by atoms with Crippen molar-refractivity contribution in [2.24, 2.45) is 5.41 Å². The zero-order valence-electron chi connectivity index (χ0n) is 10.2. The van der Waals surface area contributed by atoms with Crippen LogP contribution in [-0.4, -0.2) is 23.3 Å². The third kappa shape index (κ3) is 2.36. The molecule has 2 rings (SSSR count). The molecule has 15 heavy (non-hydrogen) atoms. The van der Waals surface area contributed by atoms with Crippen LogP contribution >= 0.6 is 0 Å². The maximum absolute atomic E-state index is 9.61. The van der Waals surface area contributed by atoms with Crippen molar-refractivity contribution in [3.05, 3.63) is 0 Å². The van der Waals surface area contributed by atoms with E-state index in [-0.39, 0.29) is 5.54 Å². The maximum Gasteiger partial charge on any atom is 0.0613 e. The Kier molecular flexibility index (Phi) is 3.09. The van der Waals surface area contributed by atoms with E-state index in [0.29, 0.717) is 18.1 Å². The highest BCUT2D eigenvalue weighted by Gasteiger charge is 2.45. The molecule has 0 amide bonds. The summed E-state index contributed by atoms with van der Waals surface area (Å²) in [7, 11) is 0. The van der Waals surface area contributed by atoms with E-state index in [0.717, 1.165) is 12.8 Å². The molecule has 0 heterocycles. The van der Waals surface area contributed by atoms with Crippen LogP contribution in [0.3, 0.4) is 0 Å². The number of hydrogen-bond acceptors (Lipinski definition) is 2. The Balaban J connectivity index is 1.94. The zero-order chi connectivity index (χ0) is 10.9. The van der Waals surface area contributed by atoms with E-state index in [1.807, 2.05) is 0 Å². The van der Waals surface area contributed by atoms with Gasteiger partial charge in [-0.15, -0.1) is 0 Å². The summed E-state index contributed by atoms with van der Waals surface area (Å²) in [6.45, 7) is 4.96. The number of nitrogens with one attached hydrogen (secondary N) is 1. The summed E-state index contributed by atoms with van der Waals surface area (Å²) in [5.41, 5.74) is 0.558. The summed E-state index contributed by atoms with van der Waals surface area (Å²) in [4.78, 5) is 0. The van der Waals surface area contributed by atoms with Crippen LogP contribution in [0, 0.1) is 5.41 Å². The molecular formula is C13H25NO. The molecule has 0 spiro atoms. The quantitative estimate of drug-likeness (QED) is 0.748. The van der Waals surface area contributed by atoms with Crippen LogP contribution in [-0.2, 0) is 0 Å². The minimum Gasteiger partial charge on any atom is -0.394 e. The predicted octanol–water partition coefficient (Wildman–Crippen LogP) is 2.46. The van der Waals surface area contributed by atoms with Crippen LogP contribution in [0.25, 0.3) is 0 Å². The minimum absolute atomic E-state index is 0.0449. The lowest BCUT2D eigenvalue weighted by atomic mass is 9.81. The Morgan fingerprint density at radius 3 is 2.20 bits per heavy atom. The number of hydrogen-bond donors (Lipinski definition) is 2. The molecule has 0 aromatic heterocycles. The lowest BCUT2D eigenvalue weighted by Crippen LogP contribution is -2.55. The fourth-order valence-electron chi connectivity index (χ4n) is 2.84. The summed E-state index contributed by atoms with van der Waals surface area (Å²) in [5.74, 6) is 0. The minimum atomic E-state index is 0.0449. The number of aliphatic hydroxyl groups is 1. The molecule has 0 aliphatic heterocycles. The average molecular weight is 211 g/mol. The highest BCUT2D eigenvalue weighted by molar-refractivity contribution is 5.01. The molecule has 0 aromatic rings. The van der Waals surface area contributed by atoms with Crippen LogP contribution < -0.4 is 5.32 Å². The predicted molar refractivity (Wildman–Crippen MR) is 62.8 cm³/mol. The fourth-order valence-corrected chi connectivity index (χ4v) is 2.84. The lowest BCUT2D eigenvalue weighted by Gasteiger charge is -2.40. The Morgan fingerprint density at radius 1 is 1.13 bits per heavy atom. The zero-order valence-corrected chi connectivity index (χ0v) is 10.2. The molecule has 2 fully saturated rings. The Labute approximate surface area is 93.5 Å². The van der Waals surface area contributed by atoms with Crippen LogP contribution in [0.1, 0.15) is 58.8 Å². The Morgan fingerprint density at radius 2 is 1.73 bits per heavy atom. The summed E-state index contributed by atoms with van der Waals surface area (Å²) in [6.07, 6.45) is 8.91. The van der Waals surface area contributed by atoms with Crippen molar-refractivity contribution in [3.63, 3.8) is 0 Å². The first-order valence-electron chi connectivity index (χ1n) is 6.49. The highest BCUT2D eigenvalue weighted by Crippen LogP contribution is 2.48. The average Bonchev–Trinajstić information content (AvgIpc) is 2.99. The Hall–Kier alpha value is -0.0800. The fraction of sp³-hybridized carbons (Fsp3) is 1.00. The molecule has 1 unspecified atom stereocenters. The lowest BCUT2D eigenvalue weighted by molar-refractivity contribution is 0.0994. The smallest absolute Gasteiger partial charge is 0.0613 e. The van der Waals surface area contributed by atoms with Crippen LogP contribution in [0.4, 0.5) is 0 Å². The number of aliphatic hydroxyl groups excluding tert-OH is 1. The normalized spacial score (nSPS) is 29.8. The van der Waals surface area contributed by atoms with Crippen molar-refractivity contribution in [1.82, 2.24) is 5.32 Å². The third-order valence-corrected chi connectivity index (χ3v) is 4.72. The molecule has 0 aromatic carbocycles. The first kappa shape index (κ1) is 11.4. The van der Waals surface area contributed by atoms with E-state index in [1.165, 1.54) is 32.1 Å². The van der Waals surface area contributed by atoms with Gasteiger partial charge in [0.1, 0.15) is 0 Å². The van der Waals surface area contributed by atoms with Gasteiger partial charge >= 0.3 is 0 Å². The maximum atomic E-state index is 9.61. The second-order valence-corrected chi connectivity index (χ2v) is 6.02. The van der Waals surface area contributed by atoms with Gasteiger partial charge in [0, 0.05) is 11.6 Å². The monoisotopic (exact) mass is 211 g/mol. The van der Waals surface area contributed by atoms with Crippen LogP contribution in [0.5, 0.6) is 0 Å². The molecule has 0 bridgehead atoms. The van der Waals surface area contributed by atoms with Crippen molar-refractivity contribution in [1.29, 1.82) is 0 Å². The summed E-state index contributed by atoms with van der Waals surface area (Å²) in [6, 6.07) is 0.558. The van der Waals surface area contributed by atoms with Crippen molar-refractivity contribution in [2.45, 2.75) is 70.4 Å². The molecular weight excluding hydrogens is 186 g/mol. The topological polar surface area (TPSA) is 32.3 Å². The van der Waals surface area contributed by atoms with Gasteiger partial charge in [-0.3, -0.25) is 0 Å². The van der Waals surface area contributed by atoms with E-state index < -0.39 is 0 Å². The first-order chi connectivity index (χ1) is 7.10. The molecule has 2 heteroatoms. The van der Waals surface area contributed by atoms with Gasteiger partial charge in [0.25, 0.3) is 0 Å². The van der Waals surface area contributed by atoms with Gasteiger partial charge in [0.05, 0.1) is 6.61 Å². The molecule has 0 radical (unpaired) electrons. The van der Waals surface area contributed by atoms with Crippen molar-refractivity contribution < 1.29 is 5.11 Å². The van der Waals surface area contributed by atoms with Gasteiger partial charge in [-0.1, -0.05) is 26.2 Å². The molecule has 2 N–H and O–H groups in total. The standard InChI is InChI=1S/C13H25NO/c1-11(12(2)8-9-12)14-13(10-15)6-4-3-5-7-13/h11,14-15H,3-10H2,1-2H3. The molecule has 0 saturated heterocycles. The molecule has 88 valence electrons. The van der Waals surface area contributed by atoms with Gasteiger partial charge < -0.3 is 10.4 Å². The summed E-state index contributed by atoms with van der Waals surface area (Å²) in [5, 5.41) is 13.3. The second kappa shape index (κ2) is 4.06. The van der Waals surface area contributed by atoms with E-state index in [1.54, 1.807) is 0 Å². The summed E-state index contributed by atoms with van der Waals surface area (Å²) < 4.78 is 0. The molecule has 2 saturated carbocycles. The molecule has 1 atom stereocenters. The van der Waals surface area contributed by atoms with Crippen molar-refractivity contribution in [3.8, 4) is 0 Å². The van der Waals surface area contributed by atoms with Gasteiger partial charge in [0.2, 0.25) is 0 Å². The van der Waals surface area contributed by atoms with Gasteiger partial charge in [-0.25, -0.2) is 0 Å². The number of rotatable bonds is 4. The molecule has 2 aliphatic carbocycles. The molecule has 2 nitrogen and oxygen atoms in total. The van der Waals surface area contributed by atoms with E-state index in [9.17, 15) is 5.11 Å². The highest BCUT2D eigenvalue weighted by atomic mass is 16.3. The second-order valence-electron chi connectivity index (χ2n) is 6.02. The van der Waals surface area contributed by atoms with Crippen molar-refractivity contribution in [2.75, 3.05) is 6.61 Å². The first-order valence-corrected chi connectivity index (χ1v) is 6.49. The summed E-state index contributed by atoms with van der Waals surface area (Å²) >= 11 is 0. The SMILES string of the molecule is CC(NC1(CO)CCCCC1)C1(C)CC1. The van der Waals surface area contributed by atoms with Crippen LogP contribution in [0.2, 0.25) is 0 Å².